The van der Waals surface area contributed by atoms with Crippen LogP contribution in [0, 0.1) is 6.92 Å². The van der Waals surface area contributed by atoms with Gasteiger partial charge in [-0.1, -0.05) is 0 Å². The third kappa shape index (κ3) is 6.74. The van der Waals surface area contributed by atoms with E-state index < -0.39 is 0 Å². The maximum Gasteiger partial charge on any atom is 0.233 e. The first-order valence-electron chi connectivity index (χ1n) is 9.07. The van der Waals surface area contributed by atoms with Gasteiger partial charge in [0.15, 0.2) is 5.96 Å². The van der Waals surface area contributed by atoms with Gasteiger partial charge in [0.2, 0.25) is 5.91 Å². The van der Waals surface area contributed by atoms with Gasteiger partial charge in [-0.05, 0) is 32.3 Å². The number of rotatable bonds is 7. The first kappa shape index (κ1) is 19.2. The molecule has 1 saturated heterocycles. The van der Waals surface area contributed by atoms with Gasteiger partial charge in [-0.2, -0.15) is 5.10 Å². The summed E-state index contributed by atoms with van der Waals surface area (Å²) in [7, 11) is 1.68. The topological polar surface area (TPSA) is 86.6 Å². The predicted octanol–water partition coefficient (Wildman–Crippen LogP) is -0.0430. The number of likely N-dealkylation sites (N-methyl/N-ethyl adjacent to an activating group) is 1. The normalized spacial score (nSPS) is 16.7. The maximum atomic E-state index is 11.5. The van der Waals surface area contributed by atoms with Crippen molar-refractivity contribution in [2.75, 3.05) is 39.8 Å². The number of aliphatic imine (C=N–C) groups is 1. The molecule has 1 aromatic rings. The molecular weight excluding hydrogens is 318 g/mol. The van der Waals surface area contributed by atoms with Crippen molar-refractivity contribution in [2.24, 2.45) is 4.99 Å². The number of nitrogens with zero attached hydrogens (tertiary/aromatic N) is 4. The second-order valence-electron chi connectivity index (χ2n) is 6.41. The highest BCUT2D eigenvalue weighted by Crippen LogP contribution is 2.09. The van der Waals surface area contributed by atoms with Gasteiger partial charge in [0.1, 0.15) is 0 Å². The molecule has 1 aromatic heterocycles. The first-order valence-corrected chi connectivity index (χ1v) is 9.07. The molecule has 8 heteroatoms. The molecule has 1 aliphatic rings. The van der Waals surface area contributed by atoms with Gasteiger partial charge in [-0.15, -0.1) is 0 Å². The van der Waals surface area contributed by atoms with Crippen LogP contribution in [0.1, 0.15) is 25.3 Å². The van der Waals surface area contributed by atoms with E-state index in [1.165, 1.54) is 0 Å². The zero-order chi connectivity index (χ0) is 18.1. The molecule has 0 bridgehead atoms. The van der Waals surface area contributed by atoms with Crippen LogP contribution in [0.15, 0.2) is 17.4 Å². The third-order valence-electron chi connectivity index (χ3n) is 4.28. The lowest BCUT2D eigenvalue weighted by atomic mass is 10.1. The fourth-order valence-corrected chi connectivity index (χ4v) is 2.88. The summed E-state index contributed by atoms with van der Waals surface area (Å²) in [4.78, 5) is 18.3. The van der Waals surface area contributed by atoms with Gasteiger partial charge in [0.05, 0.1) is 25.8 Å². The third-order valence-corrected chi connectivity index (χ3v) is 4.28. The van der Waals surface area contributed by atoms with Gasteiger partial charge < -0.3 is 16.0 Å². The Hall–Kier alpha value is -2.09. The number of carbonyl (C=O) groups excluding carboxylic acids is 1. The van der Waals surface area contributed by atoms with Crippen LogP contribution >= 0.6 is 0 Å². The summed E-state index contributed by atoms with van der Waals surface area (Å²) >= 11 is 0. The van der Waals surface area contributed by atoms with E-state index >= 15 is 0 Å². The standard InChI is InChI=1S/C17H31N7O/c1-4-19-17(20-7-10-24-12-14(2)11-21-24)22-15-5-8-23(9-6-15)13-16(25)18-3/h11-12,15H,4-10,13H2,1-3H3,(H,18,25)(H2,19,20,22). The summed E-state index contributed by atoms with van der Waals surface area (Å²) in [6, 6.07) is 0.394. The predicted molar refractivity (Wildman–Crippen MR) is 99.6 cm³/mol. The van der Waals surface area contributed by atoms with Gasteiger partial charge in [0.25, 0.3) is 0 Å². The number of likely N-dealkylation sites (tertiary alicyclic amines) is 1. The molecule has 0 unspecified atom stereocenters. The molecule has 2 heterocycles. The Balaban J connectivity index is 1.77. The first-order chi connectivity index (χ1) is 12.1. The zero-order valence-electron chi connectivity index (χ0n) is 15.6. The minimum atomic E-state index is 0.0789. The lowest BCUT2D eigenvalue weighted by molar-refractivity contribution is -0.122. The van der Waals surface area contributed by atoms with Crippen LogP contribution in [0.3, 0.4) is 0 Å². The van der Waals surface area contributed by atoms with Crippen molar-refractivity contribution in [3.05, 3.63) is 18.0 Å². The van der Waals surface area contributed by atoms with Crippen molar-refractivity contribution in [2.45, 2.75) is 39.3 Å². The van der Waals surface area contributed by atoms with Crippen LogP contribution in [0.2, 0.25) is 0 Å². The average Bonchev–Trinajstić information content (AvgIpc) is 3.02. The van der Waals surface area contributed by atoms with Crippen LogP contribution < -0.4 is 16.0 Å². The molecule has 8 nitrogen and oxygen atoms in total. The maximum absolute atomic E-state index is 11.5. The Bertz CT molecular complexity index is 561. The molecule has 1 amide bonds. The second kappa shape index (κ2) is 10.0. The molecule has 0 atom stereocenters. The lowest BCUT2D eigenvalue weighted by Crippen LogP contribution is -2.50. The molecular formula is C17H31N7O. The van der Waals surface area contributed by atoms with Crippen LogP contribution in [-0.4, -0.2) is 72.4 Å². The Morgan fingerprint density at radius 1 is 1.40 bits per heavy atom. The minimum absolute atomic E-state index is 0.0789. The molecule has 0 saturated carbocycles. The second-order valence-corrected chi connectivity index (χ2v) is 6.41. The van der Waals surface area contributed by atoms with Gasteiger partial charge in [0, 0.05) is 38.9 Å². The van der Waals surface area contributed by atoms with Crippen molar-refractivity contribution in [3.8, 4) is 0 Å². The Morgan fingerprint density at radius 3 is 2.76 bits per heavy atom. The number of aromatic nitrogens is 2. The van der Waals surface area contributed by atoms with E-state index in [2.05, 4.69) is 37.9 Å². The van der Waals surface area contributed by atoms with E-state index in [0.29, 0.717) is 19.1 Å². The molecule has 0 aliphatic carbocycles. The molecule has 2 rings (SSSR count). The number of hydrogen-bond acceptors (Lipinski definition) is 4. The average molecular weight is 349 g/mol. The fraction of sp³-hybridized carbons (Fsp3) is 0.706. The molecule has 0 radical (unpaired) electrons. The number of nitrogens with one attached hydrogen (secondary N) is 3. The smallest absolute Gasteiger partial charge is 0.233 e. The molecule has 3 N–H and O–H groups in total. The summed E-state index contributed by atoms with van der Waals surface area (Å²) in [5.41, 5.74) is 1.16. The molecule has 25 heavy (non-hydrogen) atoms. The summed E-state index contributed by atoms with van der Waals surface area (Å²) in [6.07, 6.45) is 5.91. The highest BCUT2D eigenvalue weighted by atomic mass is 16.1. The van der Waals surface area contributed by atoms with Crippen LogP contribution in [0.25, 0.3) is 0 Å². The van der Waals surface area contributed by atoms with Crippen LogP contribution in [0.4, 0.5) is 0 Å². The summed E-state index contributed by atoms with van der Waals surface area (Å²) in [5.74, 6) is 0.936. The largest absolute Gasteiger partial charge is 0.358 e. The lowest BCUT2D eigenvalue weighted by Gasteiger charge is -2.32. The van der Waals surface area contributed by atoms with E-state index in [4.69, 9.17) is 0 Å². The highest BCUT2D eigenvalue weighted by molar-refractivity contribution is 5.80. The van der Waals surface area contributed by atoms with E-state index in [1.54, 1.807) is 7.05 Å². The van der Waals surface area contributed by atoms with Crippen molar-refractivity contribution in [3.63, 3.8) is 0 Å². The van der Waals surface area contributed by atoms with Crippen molar-refractivity contribution in [1.82, 2.24) is 30.6 Å². The monoisotopic (exact) mass is 349 g/mol. The van der Waals surface area contributed by atoms with Gasteiger partial charge >= 0.3 is 0 Å². The van der Waals surface area contributed by atoms with Crippen molar-refractivity contribution in [1.29, 1.82) is 0 Å². The SMILES string of the molecule is CCNC(=NCCn1cc(C)cn1)NC1CCN(CC(=O)NC)CC1. The molecule has 1 aliphatic heterocycles. The number of hydrogen-bond donors (Lipinski definition) is 3. The summed E-state index contributed by atoms with van der Waals surface area (Å²) in [6.45, 7) is 8.74. The van der Waals surface area contributed by atoms with Gasteiger partial charge in [-0.25, -0.2) is 0 Å². The summed E-state index contributed by atoms with van der Waals surface area (Å²) < 4.78 is 1.92. The van der Waals surface area contributed by atoms with E-state index in [1.807, 2.05) is 24.0 Å². The Morgan fingerprint density at radius 2 is 2.16 bits per heavy atom. The molecule has 1 fully saturated rings. The minimum Gasteiger partial charge on any atom is -0.358 e. The van der Waals surface area contributed by atoms with E-state index in [0.717, 1.165) is 50.5 Å². The summed E-state index contributed by atoms with van der Waals surface area (Å²) in [5, 5.41) is 13.8. The van der Waals surface area contributed by atoms with E-state index in [-0.39, 0.29) is 5.91 Å². The Kier molecular flexibility index (Phi) is 7.72. The van der Waals surface area contributed by atoms with Crippen LogP contribution in [0.5, 0.6) is 0 Å². The zero-order valence-corrected chi connectivity index (χ0v) is 15.6. The highest BCUT2D eigenvalue weighted by Gasteiger charge is 2.21. The number of aryl methyl sites for hydroxylation is 1. The van der Waals surface area contributed by atoms with Gasteiger partial charge in [-0.3, -0.25) is 19.4 Å². The van der Waals surface area contributed by atoms with E-state index in [9.17, 15) is 4.79 Å². The van der Waals surface area contributed by atoms with Crippen LogP contribution in [-0.2, 0) is 11.3 Å². The number of piperidine rings is 1. The number of guanidine groups is 1. The Labute approximate surface area is 150 Å². The van der Waals surface area contributed by atoms with Crippen molar-refractivity contribution < 1.29 is 4.79 Å². The number of amides is 1. The quantitative estimate of drug-likeness (QED) is 0.475. The molecule has 0 aromatic carbocycles. The van der Waals surface area contributed by atoms with Crippen molar-refractivity contribution >= 4 is 11.9 Å². The molecule has 140 valence electrons. The molecule has 0 spiro atoms. The number of carbonyl (C=O) groups is 1. The fourth-order valence-electron chi connectivity index (χ4n) is 2.88.